The number of hydrogen-bond acceptors (Lipinski definition) is 2. The lowest BCUT2D eigenvalue weighted by atomic mass is 10.0. The Morgan fingerprint density at radius 2 is 1.80 bits per heavy atom. The minimum Gasteiger partial charge on any atom is -0.347 e. The summed E-state index contributed by atoms with van der Waals surface area (Å²) in [7, 11) is 0. The van der Waals surface area contributed by atoms with Crippen LogP contribution in [0.1, 0.15) is 18.9 Å². The van der Waals surface area contributed by atoms with Crippen LogP contribution in [0.4, 0.5) is 0 Å². The molecule has 1 aliphatic rings. The van der Waals surface area contributed by atoms with Crippen LogP contribution < -0.4 is 0 Å². The van der Waals surface area contributed by atoms with Crippen molar-refractivity contribution in [2.75, 3.05) is 13.2 Å². The van der Waals surface area contributed by atoms with Gasteiger partial charge >= 0.3 is 0 Å². The molecule has 0 unspecified atom stereocenters. The molecule has 2 rings (SSSR count). The molecule has 1 aromatic rings. The molecule has 1 saturated heterocycles. The van der Waals surface area contributed by atoms with E-state index < -0.39 is 0 Å². The first kappa shape index (κ1) is 11.1. The number of benzene rings is 1. The van der Waals surface area contributed by atoms with Crippen molar-refractivity contribution >= 4 is 15.9 Å². The number of halogens is 1. The van der Waals surface area contributed by atoms with Crippen molar-refractivity contribution in [2.45, 2.75) is 25.6 Å². The summed E-state index contributed by atoms with van der Waals surface area (Å²) < 4.78 is 12.5. The van der Waals surface area contributed by atoms with Gasteiger partial charge in [0, 0.05) is 10.9 Å². The van der Waals surface area contributed by atoms with Crippen molar-refractivity contribution in [3.05, 3.63) is 34.3 Å². The van der Waals surface area contributed by atoms with Gasteiger partial charge in [-0.1, -0.05) is 35.0 Å². The Kier molecular flexibility index (Phi) is 3.44. The highest BCUT2D eigenvalue weighted by atomic mass is 79.9. The van der Waals surface area contributed by atoms with E-state index in [0.717, 1.165) is 17.3 Å². The lowest BCUT2D eigenvalue weighted by Crippen LogP contribution is -2.31. The highest BCUT2D eigenvalue weighted by Crippen LogP contribution is 2.28. The van der Waals surface area contributed by atoms with E-state index in [0.29, 0.717) is 13.2 Å². The first-order valence-electron chi connectivity index (χ1n) is 5.26. The molecule has 0 bridgehead atoms. The molecule has 1 heterocycles. The second-order valence-electron chi connectivity index (χ2n) is 3.76. The lowest BCUT2D eigenvalue weighted by Gasteiger charge is -2.25. The fraction of sp³-hybridized carbons (Fsp3) is 0.500. The van der Waals surface area contributed by atoms with Gasteiger partial charge in [0.15, 0.2) is 5.79 Å². The summed E-state index contributed by atoms with van der Waals surface area (Å²) in [4.78, 5) is 0. The summed E-state index contributed by atoms with van der Waals surface area (Å²) in [6, 6.07) is 8.31. The molecule has 3 heteroatoms. The van der Waals surface area contributed by atoms with Gasteiger partial charge in [0.1, 0.15) is 0 Å². The maximum atomic E-state index is 5.69. The Labute approximate surface area is 98.7 Å². The Balaban J connectivity index is 2.09. The van der Waals surface area contributed by atoms with E-state index in [1.165, 1.54) is 5.56 Å². The molecule has 15 heavy (non-hydrogen) atoms. The van der Waals surface area contributed by atoms with Crippen molar-refractivity contribution in [1.82, 2.24) is 0 Å². The van der Waals surface area contributed by atoms with E-state index >= 15 is 0 Å². The van der Waals surface area contributed by atoms with E-state index in [4.69, 9.17) is 9.47 Å². The summed E-state index contributed by atoms with van der Waals surface area (Å²) in [5, 5.41) is 0. The van der Waals surface area contributed by atoms with Crippen LogP contribution in [0.25, 0.3) is 0 Å². The van der Waals surface area contributed by atoms with Crippen molar-refractivity contribution in [2.24, 2.45) is 0 Å². The van der Waals surface area contributed by atoms with E-state index in [2.05, 4.69) is 35.0 Å². The van der Waals surface area contributed by atoms with Gasteiger partial charge in [-0.05, 0) is 24.1 Å². The lowest BCUT2D eigenvalue weighted by molar-refractivity contribution is -0.157. The molecular formula is C12H15BrO2. The van der Waals surface area contributed by atoms with E-state index in [1.807, 2.05) is 12.1 Å². The van der Waals surface area contributed by atoms with Gasteiger partial charge in [-0.15, -0.1) is 0 Å². The van der Waals surface area contributed by atoms with Crippen LogP contribution in [0.5, 0.6) is 0 Å². The monoisotopic (exact) mass is 270 g/mol. The first-order valence-corrected chi connectivity index (χ1v) is 6.06. The molecular weight excluding hydrogens is 256 g/mol. The smallest absolute Gasteiger partial charge is 0.172 e. The highest BCUT2D eigenvalue weighted by molar-refractivity contribution is 9.10. The summed E-state index contributed by atoms with van der Waals surface area (Å²) in [6.45, 7) is 3.53. The van der Waals surface area contributed by atoms with Gasteiger partial charge < -0.3 is 9.47 Å². The number of rotatable bonds is 3. The summed E-state index contributed by atoms with van der Waals surface area (Å²) in [6.07, 6.45) is 1.72. The zero-order valence-corrected chi connectivity index (χ0v) is 10.4. The number of hydrogen-bond donors (Lipinski definition) is 0. The van der Waals surface area contributed by atoms with Gasteiger partial charge in [0.2, 0.25) is 0 Å². The van der Waals surface area contributed by atoms with Crippen LogP contribution in [-0.4, -0.2) is 19.0 Å². The molecule has 0 spiro atoms. The first-order chi connectivity index (χ1) is 7.24. The van der Waals surface area contributed by atoms with Crippen LogP contribution in [0.15, 0.2) is 28.7 Å². The maximum Gasteiger partial charge on any atom is 0.172 e. The standard InChI is InChI=1S/C12H15BrO2/c1-2-12(14-7-8-15-12)9-10-3-5-11(13)6-4-10/h3-6H,2,7-9H2,1H3. The Hall–Kier alpha value is -0.380. The normalized spacial score (nSPS) is 19.3. The maximum absolute atomic E-state index is 5.69. The second-order valence-corrected chi connectivity index (χ2v) is 4.68. The van der Waals surface area contributed by atoms with Gasteiger partial charge in [0.05, 0.1) is 13.2 Å². The van der Waals surface area contributed by atoms with Gasteiger partial charge in [-0.25, -0.2) is 0 Å². The van der Waals surface area contributed by atoms with Crippen molar-refractivity contribution < 1.29 is 9.47 Å². The SMILES string of the molecule is CCC1(Cc2ccc(Br)cc2)OCCO1. The minimum absolute atomic E-state index is 0.381. The Morgan fingerprint density at radius 3 is 2.33 bits per heavy atom. The zero-order valence-electron chi connectivity index (χ0n) is 8.83. The van der Waals surface area contributed by atoms with Crippen molar-refractivity contribution in [3.63, 3.8) is 0 Å². The fourth-order valence-electron chi connectivity index (χ4n) is 1.84. The molecule has 1 fully saturated rings. The highest BCUT2D eigenvalue weighted by Gasteiger charge is 2.34. The zero-order chi connectivity index (χ0) is 10.7. The van der Waals surface area contributed by atoms with Crippen molar-refractivity contribution in [3.8, 4) is 0 Å². The predicted octanol–water partition coefficient (Wildman–Crippen LogP) is 3.14. The quantitative estimate of drug-likeness (QED) is 0.840. The number of ether oxygens (including phenoxy) is 2. The molecule has 1 aromatic carbocycles. The van der Waals surface area contributed by atoms with Crippen LogP contribution in [0.2, 0.25) is 0 Å². The average Bonchev–Trinajstić information content (AvgIpc) is 2.71. The largest absolute Gasteiger partial charge is 0.347 e. The molecule has 1 aliphatic heterocycles. The predicted molar refractivity (Wildman–Crippen MR) is 62.8 cm³/mol. The summed E-state index contributed by atoms with van der Waals surface area (Å²) in [5.41, 5.74) is 1.25. The van der Waals surface area contributed by atoms with Crippen LogP contribution >= 0.6 is 15.9 Å². The topological polar surface area (TPSA) is 18.5 Å². The van der Waals surface area contributed by atoms with E-state index in [-0.39, 0.29) is 5.79 Å². The van der Waals surface area contributed by atoms with Gasteiger partial charge in [0.25, 0.3) is 0 Å². The van der Waals surface area contributed by atoms with Gasteiger partial charge in [-0.3, -0.25) is 0 Å². The Morgan fingerprint density at radius 1 is 1.20 bits per heavy atom. The van der Waals surface area contributed by atoms with Crippen LogP contribution in [-0.2, 0) is 15.9 Å². The summed E-state index contributed by atoms with van der Waals surface area (Å²) >= 11 is 3.43. The van der Waals surface area contributed by atoms with E-state index in [1.54, 1.807) is 0 Å². The molecule has 82 valence electrons. The fourth-order valence-corrected chi connectivity index (χ4v) is 2.11. The third kappa shape index (κ3) is 2.60. The second kappa shape index (κ2) is 4.64. The molecule has 0 aliphatic carbocycles. The molecule has 0 saturated carbocycles. The molecule has 0 aromatic heterocycles. The summed E-state index contributed by atoms with van der Waals surface area (Å²) in [5.74, 6) is -0.381. The molecule has 0 N–H and O–H groups in total. The Bertz CT molecular complexity index is 315. The molecule has 0 radical (unpaired) electrons. The van der Waals surface area contributed by atoms with Crippen LogP contribution in [0, 0.1) is 0 Å². The van der Waals surface area contributed by atoms with Crippen molar-refractivity contribution in [1.29, 1.82) is 0 Å². The van der Waals surface area contributed by atoms with E-state index in [9.17, 15) is 0 Å². The molecule has 0 atom stereocenters. The molecule has 0 amide bonds. The molecule has 2 nitrogen and oxygen atoms in total. The van der Waals surface area contributed by atoms with Gasteiger partial charge in [-0.2, -0.15) is 0 Å². The van der Waals surface area contributed by atoms with Crippen LogP contribution in [0.3, 0.4) is 0 Å². The third-order valence-corrected chi connectivity index (χ3v) is 3.27. The minimum atomic E-state index is -0.381. The average molecular weight is 271 g/mol. The third-order valence-electron chi connectivity index (χ3n) is 2.74.